The summed E-state index contributed by atoms with van der Waals surface area (Å²) in [4.78, 5) is 2.28. The highest BCUT2D eigenvalue weighted by molar-refractivity contribution is 7.10. The van der Waals surface area contributed by atoms with Crippen LogP contribution in [0.4, 0.5) is 10.8 Å². The Morgan fingerprint density at radius 2 is 2.14 bits per heavy atom. The summed E-state index contributed by atoms with van der Waals surface area (Å²) in [6.45, 7) is 6.03. The number of aromatic nitrogens is 1. The Balaban J connectivity index is 2.10. The van der Waals surface area contributed by atoms with E-state index in [9.17, 15) is 0 Å². The topological polar surface area (TPSA) is 51.4 Å². The summed E-state index contributed by atoms with van der Waals surface area (Å²) >= 11 is 1.46. The SMILES string of the molecule is CC1CN(c2cc(N)ns2)CC(C)O1. The summed E-state index contributed by atoms with van der Waals surface area (Å²) < 4.78 is 9.73. The van der Waals surface area contributed by atoms with Crippen LogP contribution in [-0.4, -0.2) is 29.7 Å². The lowest BCUT2D eigenvalue weighted by Crippen LogP contribution is -2.45. The molecule has 2 rings (SSSR count). The molecule has 4 nitrogen and oxygen atoms in total. The van der Waals surface area contributed by atoms with Crippen LogP contribution in [0, 0.1) is 0 Å². The van der Waals surface area contributed by atoms with Gasteiger partial charge in [0.15, 0.2) is 0 Å². The lowest BCUT2D eigenvalue weighted by Gasteiger charge is -2.35. The summed E-state index contributed by atoms with van der Waals surface area (Å²) in [6, 6.07) is 1.93. The molecule has 2 N–H and O–H groups in total. The predicted molar refractivity (Wildman–Crippen MR) is 58.7 cm³/mol. The van der Waals surface area contributed by atoms with Crippen LogP contribution >= 0.6 is 11.5 Å². The highest BCUT2D eigenvalue weighted by Gasteiger charge is 2.23. The predicted octanol–water partition coefficient (Wildman–Crippen LogP) is 1.34. The van der Waals surface area contributed by atoms with Crippen molar-refractivity contribution in [3.05, 3.63) is 6.07 Å². The van der Waals surface area contributed by atoms with Crippen LogP contribution in [0.15, 0.2) is 6.07 Å². The molecule has 0 aliphatic carbocycles. The smallest absolute Gasteiger partial charge is 0.139 e. The molecule has 2 unspecified atom stereocenters. The van der Waals surface area contributed by atoms with E-state index >= 15 is 0 Å². The largest absolute Gasteiger partial charge is 0.383 e. The molecule has 2 heterocycles. The molecule has 1 aromatic heterocycles. The first-order valence-electron chi connectivity index (χ1n) is 4.77. The molecule has 0 bridgehead atoms. The average molecular weight is 213 g/mol. The van der Waals surface area contributed by atoms with Gasteiger partial charge in [-0.25, -0.2) is 0 Å². The molecule has 14 heavy (non-hydrogen) atoms. The lowest BCUT2D eigenvalue weighted by atomic mass is 10.2. The number of nitrogens with zero attached hydrogens (tertiary/aromatic N) is 2. The van der Waals surface area contributed by atoms with Crippen molar-refractivity contribution in [3.8, 4) is 0 Å². The van der Waals surface area contributed by atoms with Gasteiger partial charge in [0, 0.05) is 19.2 Å². The first kappa shape index (κ1) is 9.73. The van der Waals surface area contributed by atoms with E-state index in [1.807, 2.05) is 6.07 Å². The fourth-order valence-electron chi connectivity index (χ4n) is 1.79. The first-order valence-corrected chi connectivity index (χ1v) is 5.55. The Hall–Kier alpha value is -0.810. The van der Waals surface area contributed by atoms with Crippen LogP contribution in [0.2, 0.25) is 0 Å². The van der Waals surface area contributed by atoms with Crippen molar-refractivity contribution in [2.24, 2.45) is 0 Å². The Morgan fingerprint density at radius 1 is 1.50 bits per heavy atom. The molecule has 0 spiro atoms. The molecule has 1 saturated heterocycles. The zero-order valence-corrected chi connectivity index (χ0v) is 9.25. The second-order valence-corrected chi connectivity index (χ2v) is 4.54. The standard InChI is InChI=1S/C9H15N3OS/c1-6-4-12(5-7(2)13-6)9-3-8(10)11-14-9/h3,6-7H,4-5H2,1-2H3,(H2,10,11). The Morgan fingerprint density at radius 3 is 2.64 bits per heavy atom. The van der Waals surface area contributed by atoms with Crippen LogP contribution in [0.25, 0.3) is 0 Å². The number of rotatable bonds is 1. The molecule has 1 aromatic rings. The maximum Gasteiger partial charge on any atom is 0.139 e. The molecule has 0 saturated carbocycles. The van der Waals surface area contributed by atoms with Gasteiger partial charge in [0.2, 0.25) is 0 Å². The van der Waals surface area contributed by atoms with E-state index in [2.05, 4.69) is 23.1 Å². The van der Waals surface area contributed by atoms with Gasteiger partial charge in [0.25, 0.3) is 0 Å². The zero-order chi connectivity index (χ0) is 10.1. The Kier molecular flexibility index (Phi) is 2.60. The minimum Gasteiger partial charge on any atom is -0.383 e. The van der Waals surface area contributed by atoms with Crippen LogP contribution in [0.5, 0.6) is 0 Å². The van der Waals surface area contributed by atoms with Crippen molar-refractivity contribution < 1.29 is 4.74 Å². The highest BCUT2D eigenvalue weighted by Crippen LogP contribution is 2.26. The van der Waals surface area contributed by atoms with E-state index in [0.29, 0.717) is 5.82 Å². The van der Waals surface area contributed by atoms with Crippen LogP contribution in [0.1, 0.15) is 13.8 Å². The zero-order valence-electron chi connectivity index (χ0n) is 8.43. The van der Waals surface area contributed by atoms with Crippen LogP contribution < -0.4 is 10.6 Å². The Bertz CT molecular complexity index is 305. The van der Waals surface area contributed by atoms with Gasteiger partial charge in [-0.15, -0.1) is 0 Å². The summed E-state index contributed by atoms with van der Waals surface area (Å²) in [5.41, 5.74) is 5.60. The highest BCUT2D eigenvalue weighted by atomic mass is 32.1. The number of ether oxygens (including phenoxy) is 1. The second kappa shape index (κ2) is 3.74. The second-order valence-electron chi connectivity index (χ2n) is 3.75. The summed E-state index contributed by atoms with van der Waals surface area (Å²) in [5, 5.41) is 1.14. The molecule has 0 aromatic carbocycles. The van der Waals surface area contributed by atoms with Gasteiger partial charge in [0.1, 0.15) is 10.8 Å². The molecule has 5 heteroatoms. The van der Waals surface area contributed by atoms with Gasteiger partial charge in [-0.3, -0.25) is 0 Å². The molecule has 1 aliphatic rings. The number of anilines is 2. The van der Waals surface area contributed by atoms with Gasteiger partial charge in [-0.05, 0) is 25.4 Å². The van der Waals surface area contributed by atoms with E-state index in [1.165, 1.54) is 11.5 Å². The number of nitrogens with two attached hydrogens (primary N) is 1. The summed E-state index contributed by atoms with van der Waals surface area (Å²) in [6.07, 6.45) is 0.559. The van der Waals surface area contributed by atoms with Crippen molar-refractivity contribution in [2.75, 3.05) is 23.7 Å². The van der Waals surface area contributed by atoms with E-state index in [1.54, 1.807) is 0 Å². The van der Waals surface area contributed by atoms with Crippen molar-refractivity contribution >= 4 is 22.4 Å². The number of morpholine rings is 1. The molecule has 1 fully saturated rings. The minimum absolute atomic E-state index is 0.280. The molecule has 1 aliphatic heterocycles. The van der Waals surface area contributed by atoms with Crippen molar-refractivity contribution in [1.29, 1.82) is 0 Å². The number of nitrogen functional groups attached to an aromatic ring is 1. The van der Waals surface area contributed by atoms with Gasteiger partial charge < -0.3 is 15.4 Å². The quantitative estimate of drug-likeness (QED) is 0.765. The monoisotopic (exact) mass is 213 g/mol. The average Bonchev–Trinajstić information content (AvgIpc) is 2.50. The lowest BCUT2D eigenvalue weighted by molar-refractivity contribution is -0.00500. The first-order chi connectivity index (χ1) is 6.65. The molecular weight excluding hydrogens is 198 g/mol. The fraction of sp³-hybridized carbons (Fsp3) is 0.667. The van der Waals surface area contributed by atoms with Gasteiger partial charge >= 0.3 is 0 Å². The number of hydrogen-bond acceptors (Lipinski definition) is 5. The van der Waals surface area contributed by atoms with Crippen molar-refractivity contribution in [2.45, 2.75) is 26.1 Å². The van der Waals surface area contributed by atoms with E-state index in [4.69, 9.17) is 10.5 Å². The third kappa shape index (κ3) is 1.99. The van der Waals surface area contributed by atoms with Crippen LogP contribution in [-0.2, 0) is 4.74 Å². The minimum atomic E-state index is 0.280. The van der Waals surface area contributed by atoms with Crippen molar-refractivity contribution in [3.63, 3.8) is 0 Å². The summed E-state index contributed by atoms with van der Waals surface area (Å²) in [7, 11) is 0. The number of hydrogen-bond donors (Lipinski definition) is 1. The third-order valence-electron chi connectivity index (χ3n) is 2.25. The van der Waals surface area contributed by atoms with Crippen LogP contribution in [0.3, 0.4) is 0 Å². The van der Waals surface area contributed by atoms with E-state index < -0.39 is 0 Å². The third-order valence-corrected chi connectivity index (χ3v) is 3.11. The van der Waals surface area contributed by atoms with E-state index in [-0.39, 0.29) is 12.2 Å². The molecular formula is C9H15N3OS. The molecule has 0 radical (unpaired) electrons. The molecule has 78 valence electrons. The van der Waals surface area contributed by atoms with E-state index in [0.717, 1.165) is 18.1 Å². The summed E-state index contributed by atoms with van der Waals surface area (Å²) in [5.74, 6) is 0.608. The molecule has 0 amide bonds. The van der Waals surface area contributed by atoms with Crippen molar-refractivity contribution in [1.82, 2.24) is 4.37 Å². The maximum atomic E-state index is 5.66. The van der Waals surface area contributed by atoms with Gasteiger partial charge in [-0.2, -0.15) is 4.37 Å². The van der Waals surface area contributed by atoms with Gasteiger partial charge in [0.05, 0.1) is 12.2 Å². The normalized spacial score (nSPS) is 28.0. The Labute approximate surface area is 87.8 Å². The van der Waals surface area contributed by atoms with Gasteiger partial charge in [-0.1, -0.05) is 0 Å². The fourth-order valence-corrected chi connectivity index (χ4v) is 2.48. The maximum absolute atomic E-state index is 5.66. The molecule has 2 atom stereocenters.